The van der Waals surface area contributed by atoms with Crippen molar-refractivity contribution in [3.8, 4) is 5.69 Å². The number of carbonyl (C=O) groups is 1. The summed E-state index contributed by atoms with van der Waals surface area (Å²) in [5, 5.41) is 0. The Morgan fingerprint density at radius 2 is 1.81 bits per heavy atom. The van der Waals surface area contributed by atoms with Gasteiger partial charge in [-0.25, -0.2) is 8.42 Å². The van der Waals surface area contributed by atoms with Gasteiger partial charge >= 0.3 is 0 Å². The highest BCUT2D eigenvalue weighted by atomic mass is 32.2. The fourth-order valence-corrected chi connectivity index (χ4v) is 5.60. The van der Waals surface area contributed by atoms with Crippen LogP contribution in [-0.4, -0.2) is 48.4 Å². The molecule has 6 heteroatoms. The molecule has 0 saturated carbocycles. The van der Waals surface area contributed by atoms with Crippen molar-refractivity contribution in [1.29, 1.82) is 0 Å². The second-order valence-electron chi connectivity index (χ2n) is 7.84. The lowest BCUT2D eigenvalue weighted by molar-refractivity contribution is 0.0747. The van der Waals surface area contributed by atoms with E-state index in [0.717, 1.165) is 17.1 Å². The Morgan fingerprint density at radius 3 is 2.33 bits per heavy atom. The van der Waals surface area contributed by atoms with E-state index in [0.29, 0.717) is 17.9 Å². The molecule has 2 aromatic rings. The average molecular weight is 389 g/mol. The fourth-order valence-electron chi connectivity index (χ4n) is 3.82. The van der Waals surface area contributed by atoms with Gasteiger partial charge in [0.1, 0.15) is 0 Å². The van der Waals surface area contributed by atoms with Crippen molar-refractivity contribution in [2.24, 2.45) is 0 Å². The molecule has 1 aromatic carbocycles. The van der Waals surface area contributed by atoms with Gasteiger partial charge in [-0.3, -0.25) is 4.79 Å². The monoisotopic (exact) mass is 388 g/mol. The van der Waals surface area contributed by atoms with Gasteiger partial charge in [-0.2, -0.15) is 0 Å². The number of nitrogens with zero attached hydrogens (tertiary/aromatic N) is 2. The van der Waals surface area contributed by atoms with Crippen LogP contribution in [0.2, 0.25) is 0 Å². The third kappa shape index (κ3) is 3.81. The van der Waals surface area contributed by atoms with Crippen LogP contribution < -0.4 is 0 Å². The third-order valence-corrected chi connectivity index (χ3v) is 7.31. The standard InChI is InChI=1S/C21H28N2O3S/c1-14(2)17-6-8-18(9-7-17)23-15(3)12-20(16(23)4)21(24)22(5)19-10-11-27(25,26)13-19/h6-9,12,14,19H,10-11,13H2,1-5H3. The minimum Gasteiger partial charge on any atom is -0.338 e. The van der Waals surface area contributed by atoms with Gasteiger partial charge in [0.15, 0.2) is 9.84 Å². The Hall–Kier alpha value is -2.08. The highest BCUT2D eigenvalue weighted by Gasteiger charge is 2.34. The predicted molar refractivity (Wildman–Crippen MR) is 108 cm³/mol. The first-order valence-electron chi connectivity index (χ1n) is 9.37. The molecule has 2 heterocycles. The topological polar surface area (TPSA) is 59.4 Å². The fraction of sp³-hybridized carbons (Fsp3) is 0.476. The third-order valence-electron chi connectivity index (χ3n) is 5.56. The highest BCUT2D eigenvalue weighted by molar-refractivity contribution is 7.91. The van der Waals surface area contributed by atoms with Gasteiger partial charge in [-0.15, -0.1) is 0 Å². The first-order chi connectivity index (χ1) is 12.6. The highest BCUT2D eigenvalue weighted by Crippen LogP contribution is 2.25. The molecule has 5 nitrogen and oxygen atoms in total. The molecule has 1 fully saturated rings. The van der Waals surface area contributed by atoms with Crippen LogP contribution in [0.3, 0.4) is 0 Å². The SMILES string of the molecule is Cc1cc(C(=O)N(C)C2CCS(=O)(=O)C2)c(C)n1-c1ccc(C(C)C)cc1. The molecule has 0 N–H and O–H groups in total. The molecule has 1 unspecified atom stereocenters. The number of aryl methyl sites for hydroxylation is 1. The van der Waals surface area contributed by atoms with Crippen LogP contribution in [0.4, 0.5) is 0 Å². The Morgan fingerprint density at radius 1 is 1.19 bits per heavy atom. The van der Waals surface area contributed by atoms with Crippen molar-refractivity contribution in [2.75, 3.05) is 18.6 Å². The van der Waals surface area contributed by atoms with E-state index in [1.807, 2.05) is 19.9 Å². The quantitative estimate of drug-likeness (QED) is 0.806. The molecule has 0 bridgehead atoms. The molecule has 1 aromatic heterocycles. The summed E-state index contributed by atoms with van der Waals surface area (Å²) in [7, 11) is -1.32. The zero-order valence-electron chi connectivity index (χ0n) is 16.7. The largest absolute Gasteiger partial charge is 0.338 e. The molecule has 1 atom stereocenters. The van der Waals surface area contributed by atoms with Gasteiger partial charge < -0.3 is 9.47 Å². The lowest BCUT2D eigenvalue weighted by Crippen LogP contribution is -2.38. The van der Waals surface area contributed by atoms with E-state index in [1.165, 1.54) is 5.56 Å². The number of hydrogen-bond acceptors (Lipinski definition) is 3. The van der Waals surface area contributed by atoms with Crippen LogP contribution in [0.15, 0.2) is 30.3 Å². The van der Waals surface area contributed by atoms with Crippen LogP contribution in [0, 0.1) is 13.8 Å². The van der Waals surface area contributed by atoms with E-state index in [4.69, 9.17) is 0 Å². The molecule has 0 radical (unpaired) electrons. The molecular formula is C21H28N2O3S. The minimum atomic E-state index is -3.02. The number of rotatable bonds is 4. The van der Waals surface area contributed by atoms with E-state index in [9.17, 15) is 13.2 Å². The molecule has 1 saturated heterocycles. The molecular weight excluding hydrogens is 360 g/mol. The number of hydrogen-bond donors (Lipinski definition) is 0. The van der Waals surface area contributed by atoms with Gasteiger partial charge in [0.05, 0.1) is 17.1 Å². The predicted octanol–water partition coefficient (Wildman–Crippen LogP) is 3.48. The Labute approximate surface area is 161 Å². The van der Waals surface area contributed by atoms with Gasteiger partial charge in [0, 0.05) is 30.2 Å². The summed E-state index contributed by atoms with van der Waals surface area (Å²) in [6.45, 7) is 8.25. The zero-order valence-corrected chi connectivity index (χ0v) is 17.5. The van der Waals surface area contributed by atoms with Gasteiger partial charge in [-0.05, 0) is 49.9 Å². The number of carbonyl (C=O) groups excluding carboxylic acids is 1. The number of aromatic nitrogens is 1. The van der Waals surface area contributed by atoms with Gasteiger partial charge in [-0.1, -0.05) is 26.0 Å². The molecule has 1 aliphatic rings. The van der Waals surface area contributed by atoms with E-state index in [2.05, 4.69) is 42.7 Å². The van der Waals surface area contributed by atoms with Crippen LogP contribution in [-0.2, 0) is 9.84 Å². The van der Waals surface area contributed by atoms with E-state index < -0.39 is 9.84 Å². The first kappa shape index (κ1) is 19.7. The summed E-state index contributed by atoms with van der Waals surface area (Å²) in [6, 6.07) is 10.1. The lowest BCUT2D eigenvalue weighted by atomic mass is 10.0. The summed E-state index contributed by atoms with van der Waals surface area (Å²) in [5.41, 5.74) is 4.80. The van der Waals surface area contributed by atoms with Crippen molar-refractivity contribution in [1.82, 2.24) is 9.47 Å². The maximum absolute atomic E-state index is 13.0. The molecule has 1 aliphatic heterocycles. The van der Waals surface area contributed by atoms with Crippen molar-refractivity contribution in [3.05, 3.63) is 52.8 Å². The number of amides is 1. The van der Waals surface area contributed by atoms with Crippen molar-refractivity contribution in [2.45, 2.75) is 46.1 Å². The summed E-state index contributed by atoms with van der Waals surface area (Å²) < 4.78 is 25.6. The number of benzene rings is 1. The van der Waals surface area contributed by atoms with E-state index in [1.54, 1.807) is 11.9 Å². The average Bonchev–Trinajstić information content (AvgIpc) is 3.12. The molecule has 0 aliphatic carbocycles. The molecule has 0 spiro atoms. The Balaban J connectivity index is 1.90. The molecule has 3 rings (SSSR count). The summed E-state index contributed by atoms with van der Waals surface area (Å²) in [5.74, 6) is 0.580. The van der Waals surface area contributed by atoms with Crippen LogP contribution in [0.25, 0.3) is 5.69 Å². The summed E-state index contributed by atoms with van der Waals surface area (Å²) in [4.78, 5) is 14.6. The number of sulfone groups is 1. The van der Waals surface area contributed by atoms with Crippen LogP contribution >= 0.6 is 0 Å². The molecule has 1 amide bonds. The second kappa shape index (κ2) is 7.15. The molecule has 27 heavy (non-hydrogen) atoms. The zero-order chi connectivity index (χ0) is 19.9. The Bertz CT molecular complexity index is 956. The maximum atomic E-state index is 13.0. The van der Waals surface area contributed by atoms with Crippen molar-refractivity contribution < 1.29 is 13.2 Å². The van der Waals surface area contributed by atoms with E-state index in [-0.39, 0.29) is 23.5 Å². The Kier molecular flexibility index (Phi) is 5.21. The minimum absolute atomic E-state index is 0.0602. The first-order valence-corrected chi connectivity index (χ1v) is 11.2. The van der Waals surface area contributed by atoms with Crippen LogP contribution in [0.5, 0.6) is 0 Å². The lowest BCUT2D eigenvalue weighted by Gasteiger charge is -2.23. The summed E-state index contributed by atoms with van der Waals surface area (Å²) >= 11 is 0. The normalized spacial score (nSPS) is 18.8. The summed E-state index contributed by atoms with van der Waals surface area (Å²) in [6.07, 6.45) is 0.514. The van der Waals surface area contributed by atoms with E-state index >= 15 is 0 Å². The van der Waals surface area contributed by atoms with Gasteiger partial charge in [0.25, 0.3) is 5.91 Å². The van der Waals surface area contributed by atoms with Crippen molar-refractivity contribution in [3.63, 3.8) is 0 Å². The van der Waals surface area contributed by atoms with Crippen molar-refractivity contribution >= 4 is 15.7 Å². The van der Waals surface area contributed by atoms with Gasteiger partial charge in [0.2, 0.25) is 0 Å². The van der Waals surface area contributed by atoms with Crippen LogP contribution in [0.1, 0.15) is 53.5 Å². The smallest absolute Gasteiger partial charge is 0.255 e. The molecule has 146 valence electrons. The maximum Gasteiger partial charge on any atom is 0.255 e. The second-order valence-corrected chi connectivity index (χ2v) is 10.1.